The van der Waals surface area contributed by atoms with Crippen molar-refractivity contribution in [3.05, 3.63) is 6.57 Å². The molecule has 1 fully saturated rings. The summed E-state index contributed by atoms with van der Waals surface area (Å²) >= 11 is 0. The zero-order valence-electron chi connectivity index (χ0n) is 13.2. The van der Waals surface area contributed by atoms with Crippen LogP contribution in [0.4, 0.5) is 0 Å². The van der Waals surface area contributed by atoms with Crippen LogP contribution in [0.25, 0.3) is 0 Å². The number of hydrogen-bond donors (Lipinski definition) is 1. The van der Waals surface area contributed by atoms with Crippen molar-refractivity contribution >= 4 is 0 Å². The first kappa shape index (κ1) is 18.4. The van der Waals surface area contributed by atoms with Crippen LogP contribution in [0.1, 0.15) is 84.5 Å². The van der Waals surface area contributed by atoms with Gasteiger partial charge >= 0.3 is 0 Å². The highest BCUT2D eigenvalue weighted by Gasteiger charge is 2.24. The molecule has 0 aromatic heterocycles. The van der Waals surface area contributed by atoms with Gasteiger partial charge in [0.05, 0.1) is 19.1 Å². The molecule has 0 radical (unpaired) electrons. The molecule has 2 heteroatoms. The van der Waals surface area contributed by atoms with E-state index in [4.69, 9.17) is 11.8 Å². The van der Waals surface area contributed by atoms with Gasteiger partial charge in [-0.1, -0.05) is 46.0 Å². The highest BCUT2D eigenvalue weighted by molar-refractivity contribution is 4.61. The Kier molecular flexibility index (Phi) is 13.5. The number of unbranched alkanes of at least 4 members (excludes halogenated alkanes) is 5. The van der Waals surface area contributed by atoms with Gasteiger partial charge in [0.25, 0.3) is 0 Å². The van der Waals surface area contributed by atoms with Gasteiger partial charge in [0, 0.05) is 0 Å². The lowest BCUT2D eigenvalue weighted by molar-refractivity contribution is -0.931. The summed E-state index contributed by atoms with van der Waals surface area (Å²) in [6, 6.07) is 1.00. The lowest BCUT2D eigenvalue weighted by atomic mass is 9.98. The first-order valence-corrected chi connectivity index (χ1v) is 8.45. The molecule has 1 heterocycles. The van der Waals surface area contributed by atoms with E-state index in [0.29, 0.717) is 0 Å². The molecule has 0 saturated carbocycles. The topological polar surface area (TPSA) is 28.2 Å². The summed E-state index contributed by atoms with van der Waals surface area (Å²) in [7, 11) is 0. The number of quaternary nitrogens is 1. The third kappa shape index (κ3) is 9.05. The lowest BCUT2D eigenvalue weighted by Gasteiger charge is -2.32. The number of likely N-dealkylation sites (tertiary alicyclic amines) is 1. The predicted molar refractivity (Wildman–Crippen MR) is 81.6 cm³/mol. The zero-order valence-corrected chi connectivity index (χ0v) is 13.2. The highest BCUT2D eigenvalue weighted by atomic mass is 15.2. The van der Waals surface area contributed by atoms with Crippen LogP contribution in [0, 0.1) is 11.8 Å². The Labute approximate surface area is 121 Å². The van der Waals surface area contributed by atoms with Crippen molar-refractivity contribution in [3.63, 3.8) is 0 Å². The van der Waals surface area contributed by atoms with Crippen LogP contribution in [-0.2, 0) is 0 Å². The van der Waals surface area contributed by atoms with Crippen molar-refractivity contribution in [1.82, 2.24) is 0 Å². The van der Waals surface area contributed by atoms with Gasteiger partial charge < -0.3 is 16.7 Å². The normalized spacial score (nSPS) is 22.5. The molecule has 0 aliphatic carbocycles. The molecule has 1 aliphatic rings. The number of rotatable bonds is 9. The average molecular weight is 266 g/mol. The monoisotopic (exact) mass is 266 g/mol. The Morgan fingerprint density at radius 2 is 1.63 bits per heavy atom. The van der Waals surface area contributed by atoms with Crippen LogP contribution in [0.5, 0.6) is 0 Å². The summed E-state index contributed by atoms with van der Waals surface area (Å²) in [6.07, 6.45) is 16.0. The maximum atomic E-state index is 6.25. The molecule has 2 unspecified atom stereocenters. The number of nitrogens with zero attached hydrogens (tertiary/aromatic N) is 1. The lowest BCUT2D eigenvalue weighted by Crippen LogP contribution is -3.16. The average Bonchev–Trinajstić information content (AvgIpc) is 2.47. The van der Waals surface area contributed by atoms with Gasteiger partial charge in [0.1, 0.15) is 0 Å². The smallest absolute Gasteiger partial charge is 0.0874 e. The van der Waals surface area contributed by atoms with Crippen molar-refractivity contribution in [3.8, 4) is 0 Å². The van der Waals surface area contributed by atoms with Crippen LogP contribution >= 0.6 is 0 Å². The van der Waals surface area contributed by atoms with Crippen LogP contribution in [-0.4, -0.2) is 19.1 Å². The summed E-state index contributed by atoms with van der Waals surface area (Å²) in [5.74, 6) is 0. The Morgan fingerprint density at radius 3 is 2.32 bits per heavy atom. The fraction of sp³-hybridized carbons (Fsp3) is 0.941. The minimum Gasteiger partial charge on any atom is -0.512 e. The second-order valence-electron chi connectivity index (χ2n) is 5.91. The number of hydrogen-bond acceptors (Lipinski definition) is 1. The van der Waals surface area contributed by atoms with Crippen LogP contribution in [0.3, 0.4) is 0 Å². The molecule has 2 atom stereocenters. The molecular weight excluding hydrogens is 232 g/mol. The maximum Gasteiger partial charge on any atom is 0.0874 e. The Morgan fingerprint density at radius 1 is 0.947 bits per heavy atom. The van der Waals surface area contributed by atoms with Crippen molar-refractivity contribution in [1.29, 1.82) is 5.26 Å². The quantitative estimate of drug-likeness (QED) is 0.500. The Hall–Kier alpha value is -0.550. The fourth-order valence-electron chi connectivity index (χ4n) is 3.31. The second-order valence-corrected chi connectivity index (χ2v) is 5.91. The molecule has 1 N–H and O–H groups in total. The van der Waals surface area contributed by atoms with Crippen molar-refractivity contribution in [2.45, 2.75) is 90.5 Å². The maximum absolute atomic E-state index is 6.25. The number of piperidine rings is 1. The predicted octanol–water partition coefficient (Wildman–Crippen LogP) is 3.68. The van der Waals surface area contributed by atoms with Crippen molar-refractivity contribution in [2.75, 3.05) is 13.1 Å². The van der Waals surface area contributed by atoms with Crippen LogP contribution in [0.15, 0.2) is 0 Å². The summed E-state index contributed by atoms with van der Waals surface area (Å²) in [5.41, 5.74) is 0. The molecule has 1 aliphatic heterocycles. The summed E-state index contributed by atoms with van der Waals surface area (Å²) in [6.45, 7) is 12.3. The molecule has 1 rings (SSSR count). The minimum absolute atomic E-state index is 1.00. The summed E-state index contributed by atoms with van der Waals surface area (Å²) in [4.78, 5) is 1.94. The SMILES string of the molecule is CCCCCCCC[NH+]1CCCCC1CCC.[C-]#N. The first-order chi connectivity index (χ1) is 9.38. The van der Waals surface area contributed by atoms with E-state index in [2.05, 4.69) is 13.8 Å². The van der Waals surface area contributed by atoms with E-state index in [9.17, 15) is 0 Å². The van der Waals surface area contributed by atoms with Gasteiger partial charge in [-0.3, -0.25) is 0 Å². The van der Waals surface area contributed by atoms with Crippen LogP contribution < -0.4 is 4.90 Å². The van der Waals surface area contributed by atoms with Gasteiger partial charge in [-0.15, -0.1) is 0 Å². The van der Waals surface area contributed by atoms with E-state index < -0.39 is 0 Å². The Balaban J connectivity index is 0.00000154. The summed E-state index contributed by atoms with van der Waals surface area (Å²) < 4.78 is 0. The molecule has 2 nitrogen and oxygen atoms in total. The van der Waals surface area contributed by atoms with Gasteiger partial charge in [-0.05, 0) is 38.5 Å². The second kappa shape index (κ2) is 13.9. The summed E-state index contributed by atoms with van der Waals surface area (Å²) in [5, 5.41) is 6.25. The fourth-order valence-corrected chi connectivity index (χ4v) is 3.31. The molecule has 0 spiro atoms. The Bertz CT molecular complexity index is 199. The standard InChI is InChI=1S/C16H33N.CN/c1-3-5-6-7-8-10-14-17-15-11-9-13-16(17)12-4-2;1-2/h16H,3-15H2,1-2H3;/q;-1/p+1. The molecular formula is C17H34N2. The highest BCUT2D eigenvalue weighted by Crippen LogP contribution is 2.09. The molecule has 0 aromatic rings. The van der Waals surface area contributed by atoms with Crippen LogP contribution in [0.2, 0.25) is 0 Å². The molecule has 112 valence electrons. The largest absolute Gasteiger partial charge is 0.512 e. The van der Waals surface area contributed by atoms with E-state index in [1.165, 1.54) is 83.7 Å². The number of nitrogens with one attached hydrogen (secondary N) is 1. The third-order valence-corrected chi connectivity index (χ3v) is 4.37. The van der Waals surface area contributed by atoms with Gasteiger partial charge in [-0.2, -0.15) is 0 Å². The molecule has 0 bridgehead atoms. The van der Waals surface area contributed by atoms with Gasteiger partial charge in [-0.25, -0.2) is 0 Å². The van der Waals surface area contributed by atoms with E-state index in [0.717, 1.165) is 6.04 Å². The van der Waals surface area contributed by atoms with Gasteiger partial charge in [0.15, 0.2) is 0 Å². The first-order valence-electron chi connectivity index (χ1n) is 8.45. The minimum atomic E-state index is 1.00. The van der Waals surface area contributed by atoms with Crippen molar-refractivity contribution < 1.29 is 4.90 Å². The zero-order chi connectivity index (χ0) is 14.3. The molecule has 1 saturated heterocycles. The van der Waals surface area contributed by atoms with Gasteiger partial charge in [0.2, 0.25) is 0 Å². The molecule has 19 heavy (non-hydrogen) atoms. The molecule has 0 aromatic carbocycles. The molecule has 0 amide bonds. The van der Waals surface area contributed by atoms with E-state index >= 15 is 0 Å². The van der Waals surface area contributed by atoms with E-state index in [1.54, 1.807) is 0 Å². The van der Waals surface area contributed by atoms with E-state index in [-0.39, 0.29) is 0 Å². The van der Waals surface area contributed by atoms with Crippen molar-refractivity contribution in [2.24, 2.45) is 0 Å². The van der Waals surface area contributed by atoms with E-state index in [1.807, 2.05) is 4.90 Å². The third-order valence-electron chi connectivity index (χ3n) is 4.37.